The van der Waals surface area contributed by atoms with Gasteiger partial charge >= 0.3 is 5.97 Å². The Bertz CT molecular complexity index is 344. The second kappa shape index (κ2) is 4.47. The standard InChI is InChI=1S/C12H17NO4/c1-2-7(12(16)17)6-13-10(14)8-4-3-5-9(8)11(13)15/h7-9H,2-6H2,1H3,(H,16,17). The Hall–Kier alpha value is -1.39. The number of amides is 2. The van der Waals surface area contributed by atoms with Crippen molar-refractivity contribution in [1.82, 2.24) is 4.90 Å². The number of carboxylic acids is 1. The summed E-state index contributed by atoms with van der Waals surface area (Å²) in [6.07, 6.45) is 2.91. The van der Waals surface area contributed by atoms with Crippen LogP contribution in [0.4, 0.5) is 0 Å². The number of aliphatic carboxylic acids is 1. The summed E-state index contributed by atoms with van der Waals surface area (Å²) >= 11 is 0. The van der Waals surface area contributed by atoms with Crippen molar-refractivity contribution in [2.75, 3.05) is 6.54 Å². The third-order valence-electron chi connectivity index (χ3n) is 3.93. The van der Waals surface area contributed by atoms with Gasteiger partial charge in [0.15, 0.2) is 0 Å². The average Bonchev–Trinajstić information content (AvgIpc) is 2.83. The quantitative estimate of drug-likeness (QED) is 0.739. The van der Waals surface area contributed by atoms with E-state index in [2.05, 4.69) is 0 Å². The van der Waals surface area contributed by atoms with E-state index >= 15 is 0 Å². The van der Waals surface area contributed by atoms with E-state index in [0.717, 1.165) is 19.3 Å². The minimum Gasteiger partial charge on any atom is -0.481 e. The van der Waals surface area contributed by atoms with Gasteiger partial charge in [-0.15, -0.1) is 0 Å². The maximum Gasteiger partial charge on any atom is 0.308 e. The summed E-state index contributed by atoms with van der Waals surface area (Å²) < 4.78 is 0. The fraction of sp³-hybridized carbons (Fsp3) is 0.750. The molecule has 2 amide bonds. The largest absolute Gasteiger partial charge is 0.481 e. The van der Waals surface area contributed by atoms with Crippen LogP contribution in [0.3, 0.4) is 0 Å². The summed E-state index contributed by atoms with van der Waals surface area (Å²) in [6, 6.07) is 0. The summed E-state index contributed by atoms with van der Waals surface area (Å²) in [5.74, 6) is -2.23. The lowest BCUT2D eigenvalue weighted by molar-refractivity contribution is -0.146. The normalized spacial score (nSPS) is 29.6. The summed E-state index contributed by atoms with van der Waals surface area (Å²) in [4.78, 5) is 36.1. The first-order valence-electron chi connectivity index (χ1n) is 6.14. The predicted octanol–water partition coefficient (Wildman–Crippen LogP) is 0.882. The van der Waals surface area contributed by atoms with Crippen molar-refractivity contribution in [1.29, 1.82) is 0 Å². The zero-order valence-electron chi connectivity index (χ0n) is 9.89. The third kappa shape index (κ3) is 1.94. The second-order valence-corrected chi connectivity index (χ2v) is 4.87. The first-order chi connectivity index (χ1) is 8.06. The van der Waals surface area contributed by atoms with Gasteiger partial charge in [-0.05, 0) is 19.3 Å². The molecular formula is C12H17NO4. The molecule has 0 spiro atoms. The summed E-state index contributed by atoms with van der Waals surface area (Å²) in [7, 11) is 0. The van der Waals surface area contributed by atoms with E-state index in [0.29, 0.717) is 6.42 Å². The van der Waals surface area contributed by atoms with Crippen LogP contribution < -0.4 is 0 Å². The molecular weight excluding hydrogens is 222 g/mol. The molecule has 2 rings (SSSR count). The molecule has 5 heteroatoms. The fourth-order valence-corrected chi connectivity index (χ4v) is 2.84. The molecule has 2 fully saturated rings. The van der Waals surface area contributed by atoms with Crippen molar-refractivity contribution >= 4 is 17.8 Å². The maximum absolute atomic E-state index is 12.0. The number of fused-ring (bicyclic) bond motifs is 1. The number of carbonyl (C=O) groups excluding carboxylic acids is 2. The van der Waals surface area contributed by atoms with Crippen molar-refractivity contribution < 1.29 is 19.5 Å². The molecule has 1 aliphatic carbocycles. The third-order valence-corrected chi connectivity index (χ3v) is 3.93. The molecule has 1 saturated heterocycles. The molecule has 1 N–H and O–H groups in total. The van der Waals surface area contributed by atoms with E-state index < -0.39 is 11.9 Å². The van der Waals surface area contributed by atoms with E-state index in [9.17, 15) is 14.4 Å². The van der Waals surface area contributed by atoms with Gasteiger partial charge in [-0.25, -0.2) is 0 Å². The topological polar surface area (TPSA) is 74.7 Å². The molecule has 2 aliphatic rings. The molecule has 3 unspecified atom stereocenters. The van der Waals surface area contributed by atoms with Crippen molar-refractivity contribution in [2.24, 2.45) is 17.8 Å². The zero-order chi connectivity index (χ0) is 12.6. The Labute approximate surface area is 99.8 Å². The van der Waals surface area contributed by atoms with Gasteiger partial charge in [0.05, 0.1) is 17.8 Å². The van der Waals surface area contributed by atoms with E-state index in [1.165, 1.54) is 4.90 Å². The van der Waals surface area contributed by atoms with Crippen molar-refractivity contribution in [3.05, 3.63) is 0 Å². The molecule has 5 nitrogen and oxygen atoms in total. The van der Waals surface area contributed by atoms with Crippen LogP contribution in [-0.4, -0.2) is 34.3 Å². The Balaban J connectivity index is 2.09. The molecule has 0 aromatic rings. The molecule has 1 heterocycles. The number of rotatable bonds is 4. The molecule has 0 bridgehead atoms. The first kappa shape index (κ1) is 12.1. The van der Waals surface area contributed by atoms with Crippen LogP contribution in [0.15, 0.2) is 0 Å². The van der Waals surface area contributed by atoms with Gasteiger partial charge < -0.3 is 5.11 Å². The highest BCUT2D eigenvalue weighted by Gasteiger charge is 2.50. The molecule has 0 radical (unpaired) electrons. The predicted molar refractivity (Wildman–Crippen MR) is 59.0 cm³/mol. The highest BCUT2D eigenvalue weighted by molar-refractivity contribution is 6.05. The Morgan fingerprint density at radius 3 is 2.29 bits per heavy atom. The minimum atomic E-state index is -0.940. The Kier molecular flexibility index (Phi) is 3.17. The molecule has 0 aromatic carbocycles. The van der Waals surface area contributed by atoms with Gasteiger partial charge in [0.25, 0.3) is 0 Å². The van der Waals surface area contributed by atoms with Crippen molar-refractivity contribution in [2.45, 2.75) is 32.6 Å². The Morgan fingerprint density at radius 1 is 1.35 bits per heavy atom. The Morgan fingerprint density at radius 2 is 1.88 bits per heavy atom. The number of hydrogen-bond donors (Lipinski definition) is 1. The second-order valence-electron chi connectivity index (χ2n) is 4.87. The van der Waals surface area contributed by atoms with E-state index in [-0.39, 0.29) is 30.2 Å². The average molecular weight is 239 g/mol. The van der Waals surface area contributed by atoms with Gasteiger partial charge in [0, 0.05) is 6.54 Å². The number of hydrogen-bond acceptors (Lipinski definition) is 3. The summed E-state index contributed by atoms with van der Waals surface area (Å²) in [5.41, 5.74) is 0. The van der Waals surface area contributed by atoms with Crippen LogP contribution in [0, 0.1) is 17.8 Å². The van der Waals surface area contributed by atoms with Crippen LogP contribution in [-0.2, 0) is 14.4 Å². The number of carbonyl (C=O) groups is 3. The highest BCUT2D eigenvalue weighted by atomic mass is 16.4. The van der Waals surface area contributed by atoms with Gasteiger partial charge in [-0.3, -0.25) is 19.3 Å². The number of carboxylic acid groups (broad SMARTS) is 1. The minimum absolute atomic E-state index is 0.0382. The lowest BCUT2D eigenvalue weighted by atomic mass is 10.00. The number of imide groups is 1. The van der Waals surface area contributed by atoms with E-state index in [1.54, 1.807) is 6.92 Å². The fourth-order valence-electron chi connectivity index (χ4n) is 2.84. The SMILES string of the molecule is CCC(CN1C(=O)C2CCCC2C1=O)C(=O)O. The molecule has 3 atom stereocenters. The summed E-state index contributed by atoms with van der Waals surface area (Å²) in [6.45, 7) is 1.79. The van der Waals surface area contributed by atoms with Crippen LogP contribution in [0.1, 0.15) is 32.6 Å². The number of nitrogens with zero attached hydrogens (tertiary/aromatic N) is 1. The van der Waals surface area contributed by atoms with Crippen LogP contribution in [0.5, 0.6) is 0 Å². The summed E-state index contributed by atoms with van der Waals surface area (Å²) in [5, 5.41) is 8.96. The molecule has 1 saturated carbocycles. The maximum atomic E-state index is 12.0. The van der Waals surface area contributed by atoms with Crippen molar-refractivity contribution in [3.63, 3.8) is 0 Å². The van der Waals surface area contributed by atoms with Crippen LogP contribution >= 0.6 is 0 Å². The smallest absolute Gasteiger partial charge is 0.308 e. The lowest BCUT2D eigenvalue weighted by Crippen LogP contribution is -2.38. The van der Waals surface area contributed by atoms with Gasteiger partial charge in [0.2, 0.25) is 11.8 Å². The lowest BCUT2D eigenvalue weighted by Gasteiger charge is -2.19. The molecule has 0 aromatic heterocycles. The van der Waals surface area contributed by atoms with Gasteiger partial charge in [-0.2, -0.15) is 0 Å². The van der Waals surface area contributed by atoms with E-state index in [4.69, 9.17) is 5.11 Å². The number of likely N-dealkylation sites (tertiary alicyclic amines) is 1. The van der Waals surface area contributed by atoms with Gasteiger partial charge in [-0.1, -0.05) is 13.3 Å². The molecule has 17 heavy (non-hydrogen) atoms. The highest BCUT2D eigenvalue weighted by Crippen LogP contribution is 2.39. The molecule has 94 valence electrons. The van der Waals surface area contributed by atoms with Crippen LogP contribution in [0.2, 0.25) is 0 Å². The van der Waals surface area contributed by atoms with Crippen LogP contribution in [0.25, 0.3) is 0 Å². The monoisotopic (exact) mass is 239 g/mol. The van der Waals surface area contributed by atoms with Gasteiger partial charge in [0.1, 0.15) is 0 Å². The van der Waals surface area contributed by atoms with Crippen molar-refractivity contribution in [3.8, 4) is 0 Å². The molecule has 1 aliphatic heterocycles. The first-order valence-corrected chi connectivity index (χ1v) is 6.14. The van der Waals surface area contributed by atoms with E-state index in [1.807, 2.05) is 0 Å². The zero-order valence-corrected chi connectivity index (χ0v) is 9.89.